The number of aromatic nitrogens is 2. The molecule has 0 bridgehead atoms. The van der Waals surface area contributed by atoms with Crippen molar-refractivity contribution in [1.29, 1.82) is 0 Å². The van der Waals surface area contributed by atoms with Crippen LogP contribution in [0.1, 0.15) is 12.8 Å². The maximum absolute atomic E-state index is 11.7. The summed E-state index contributed by atoms with van der Waals surface area (Å²) in [6, 6.07) is 0. The molecule has 0 aliphatic rings. The quantitative estimate of drug-likeness (QED) is 0.767. The molecule has 8 heteroatoms. The van der Waals surface area contributed by atoms with Gasteiger partial charge >= 0.3 is 6.18 Å². The smallest absolute Gasteiger partial charge is 0.389 e. The molecule has 0 aromatic carbocycles. The molecule has 0 radical (unpaired) electrons. The fraction of sp³-hybridized carbons (Fsp3) is 0.667. The number of nitrogens with zero attached hydrogens (tertiary/aromatic N) is 2. The molecule has 0 saturated heterocycles. The van der Waals surface area contributed by atoms with Crippen molar-refractivity contribution in [1.82, 2.24) is 8.75 Å². The van der Waals surface area contributed by atoms with Gasteiger partial charge in [-0.2, -0.15) is 17.5 Å². The minimum absolute atomic E-state index is 0.0648. The first-order chi connectivity index (χ1) is 6.49. The number of hydrogen-bond acceptors (Lipinski definition) is 4. The van der Waals surface area contributed by atoms with Crippen LogP contribution in [0.3, 0.4) is 0 Å². The van der Waals surface area contributed by atoms with Crippen molar-refractivity contribution in [3.05, 3.63) is 5.15 Å². The molecule has 3 nitrogen and oxygen atoms in total. The Morgan fingerprint density at radius 1 is 1.36 bits per heavy atom. The highest BCUT2D eigenvalue weighted by molar-refractivity contribution is 6.99. The molecule has 0 saturated carbocycles. The average Bonchev–Trinajstić information content (AvgIpc) is 2.44. The summed E-state index contributed by atoms with van der Waals surface area (Å²) in [5.41, 5.74) is 0. The Labute approximate surface area is 87.2 Å². The van der Waals surface area contributed by atoms with Crippen LogP contribution >= 0.6 is 23.3 Å². The van der Waals surface area contributed by atoms with E-state index in [1.807, 2.05) is 0 Å². The van der Waals surface area contributed by atoms with Crippen LogP contribution in [0, 0.1) is 0 Å². The number of hydrogen-bond donors (Lipinski definition) is 0. The highest BCUT2D eigenvalue weighted by Gasteiger charge is 2.26. The lowest BCUT2D eigenvalue weighted by atomic mass is 10.3. The van der Waals surface area contributed by atoms with Crippen molar-refractivity contribution in [2.45, 2.75) is 19.0 Å². The lowest BCUT2D eigenvalue weighted by molar-refractivity contribution is -0.136. The SMILES string of the molecule is FC(F)(F)CCCOc1nsnc1Cl. The van der Waals surface area contributed by atoms with Gasteiger partial charge in [0.05, 0.1) is 18.3 Å². The summed E-state index contributed by atoms with van der Waals surface area (Å²) in [5, 5.41) is 0.0852. The van der Waals surface area contributed by atoms with Gasteiger partial charge in [-0.05, 0) is 6.42 Å². The van der Waals surface area contributed by atoms with Gasteiger partial charge in [-0.3, -0.25) is 0 Å². The Balaban J connectivity index is 2.20. The zero-order valence-electron chi connectivity index (χ0n) is 6.84. The Morgan fingerprint density at radius 3 is 2.57 bits per heavy atom. The third-order valence-corrected chi connectivity index (χ3v) is 2.12. The summed E-state index contributed by atoms with van der Waals surface area (Å²) >= 11 is 6.35. The summed E-state index contributed by atoms with van der Waals surface area (Å²) in [4.78, 5) is 0. The van der Waals surface area contributed by atoms with Crippen molar-refractivity contribution < 1.29 is 17.9 Å². The first-order valence-corrected chi connectivity index (χ1v) is 4.77. The second-order valence-corrected chi connectivity index (χ2v) is 3.31. The molecule has 1 rings (SSSR count). The van der Waals surface area contributed by atoms with Gasteiger partial charge in [0, 0.05) is 6.42 Å². The van der Waals surface area contributed by atoms with Crippen LogP contribution in [0.15, 0.2) is 0 Å². The second kappa shape index (κ2) is 4.79. The molecule has 1 aromatic rings. The average molecular weight is 247 g/mol. The lowest BCUT2D eigenvalue weighted by Crippen LogP contribution is -2.09. The molecule has 0 fully saturated rings. The van der Waals surface area contributed by atoms with Gasteiger partial charge in [0.1, 0.15) is 0 Å². The number of halogens is 4. The van der Waals surface area contributed by atoms with Gasteiger partial charge in [-0.1, -0.05) is 11.6 Å². The van der Waals surface area contributed by atoms with Crippen molar-refractivity contribution in [2.75, 3.05) is 6.61 Å². The van der Waals surface area contributed by atoms with E-state index in [-0.39, 0.29) is 24.1 Å². The van der Waals surface area contributed by atoms with E-state index in [1.165, 1.54) is 0 Å². The van der Waals surface area contributed by atoms with Crippen molar-refractivity contribution in [3.8, 4) is 5.88 Å². The van der Waals surface area contributed by atoms with Gasteiger partial charge < -0.3 is 4.74 Å². The van der Waals surface area contributed by atoms with E-state index in [2.05, 4.69) is 8.75 Å². The Morgan fingerprint density at radius 2 is 2.07 bits per heavy atom. The second-order valence-electron chi connectivity index (χ2n) is 2.43. The minimum Gasteiger partial charge on any atom is -0.475 e. The molecule has 0 aliphatic carbocycles. The molecule has 0 atom stereocenters. The lowest BCUT2D eigenvalue weighted by Gasteiger charge is -2.05. The predicted molar refractivity (Wildman–Crippen MR) is 45.7 cm³/mol. The van der Waals surface area contributed by atoms with Crippen LogP contribution < -0.4 is 4.74 Å². The summed E-state index contributed by atoms with van der Waals surface area (Å²) in [6.07, 6.45) is -5.13. The maximum Gasteiger partial charge on any atom is 0.389 e. The molecule has 1 aromatic heterocycles. The van der Waals surface area contributed by atoms with Gasteiger partial charge in [0.15, 0.2) is 0 Å². The molecule has 0 unspecified atom stereocenters. The van der Waals surface area contributed by atoms with Crippen molar-refractivity contribution in [3.63, 3.8) is 0 Å². The maximum atomic E-state index is 11.7. The minimum atomic E-state index is -4.15. The normalized spacial score (nSPS) is 11.7. The standard InChI is InChI=1S/C6H6ClF3N2OS/c7-4-5(12-14-11-4)13-3-1-2-6(8,9)10/h1-3H2. The van der Waals surface area contributed by atoms with Crippen LogP contribution in [0.4, 0.5) is 13.2 Å². The molecule has 80 valence electrons. The third kappa shape index (κ3) is 4.10. The Kier molecular flexibility index (Phi) is 3.94. The van der Waals surface area contributed by atoms with Crippen molar-refractivity contribution in [2.24, 2.45) is 0 Å². The fourth-order valence-electron chi connectivity index (χ4n) is 0.697. The van der Waals surface area contributed by atoms with E-state index in [0.717, 1.165) is 11.7 Å². The number of rotatable bonds is 4. The molecule has 1 heterocycles. The molecule has 0 spiro atoms. The topological polar surface area (TPSA) is 35.0 Å². The summed E-state index contributed by atoms with van der Waals surface area (Å²) in [6.45, 7) is -0.0648. The van der Waals surface area contributed by atoms with Gasteiger partial charge in [0.25, 0.3) is 5.88 Å². The number of alkyl halides is 3. The molecule has 14 heavy (non-hydrogen) atoms. The monoisotopic (exact) mass is 246 g/mol. The largest absolute Gasteiger partial charge is 0.475 e. The Bertz CT molecular complexity index is 291. The van der Waals surface area contributed by atoms with E-state index in [4.69, 9.17) is 16.3 Å². The van der Waals surface area contributed by atoms with Gasteiger partial charge in [0.2, 0.25) is 5.15 Å². The van der Waals surface area contributed by atoms with Crippen LogP contribution in [0.25, 0.3) is 0 Å². The molecular weight excluding hydrogens is 241 g/mol. The summed E-state index contributed by atoms with van der Waals surface area (Å²) < 4.78 is 47.2. The highest BCUT2D eigenvalue weighted by Crippen LogP contribution is 2.23. The van der Waals surface area contributed by atoms with Crippen LogP contribution in [0.2, 0.25) is 5.15 Å². The van der Waals surface area contributed by atoms with Gasteiger partial charge in [-0.25, -0.2) is 0 Å². The molecule has 0 aliphatic heterocycles. The highest BCUT2D eigenvalue weighted by atomic mass is 35.5. The van der Waals surface area contributed by atoms with E-state index in [9.17, 15) is 13.2 Å². The van der Waals surface area contributed by atoms with E-state index < -0.39 is 12.6 Å². The fourth-order valence-corrected chi connectivity index (χ4v) is 1.34. The van der Waals surface area contributed by atoms with Gasteiger partial charge in [-0.15, -0.1) is 4.37 Å². The summed E-state index contributed by atoms with van der Waals surface area (Å²) in [7, 11) is 0. The van der Waals surface area contributed by atoms with Crippen LogP contribution in [0.5, 0.6) is 5.88 Å². The third-order valence-electron chi connectivity index (χ3n) is 1.26. The first kappa shape index (κ1) is 11.5. The molecule has 0 amide bonds. The van der Waals surface area contributed by atoms with Crippen LogP contribution in [-0.2, 0) is 0 Å². The van der Waals surface area contributed by atoms with E-state index in [1.54, 1.807) is 0 Å². The van der Waals surface area contributed by atoms with Crippen LogP contribution in [-0.4, -0.2) is 21.5 Å². The summed E-state index contributed by atoms with van der Waals surface area (Å²) in [5.74, 6) is 0.0961. The van der Waals surface area contributed by atoms with E-state index in [0.29, 0.717) is 0 Å². The molecular formula is C6H6ClF3N2OS. The van der Waals surface area contributed by atoms with Crippen molar-refractivity contribution >= 4 is 23.3 Å². The predicted octanol–water partition coefficient (Wildman–Crippen LogP) is 2.91. The number of ether oxygens (including phenoxy) is 1. The zero-order chi connectivity index (χ0) is 10.6. The zero-order valence-corrected chi connectivity index (χ0v) is 8.42. The van der Waals surface area contributed by atoms with E-state index >= 15 is 0 Å². The Hall–Kier alpha value is -0.560. The molecule has 0 N–H and O–H groups in total. The first-order valence-electron chi connectivity index (χ1n) is 3.66.